The number of nitrogens with zero attached hydrogens (tertiary/aromatic N) is 1. The largest absolute Gasteiger partial charge is 0.216 e. The summed E-state index contributed by atoms with van der Waals surface area (Å²) in [5, 5.41) is -0.405. The second kappa shape index (κ2) is 7.04. The molecule has 0 bridgehead atoms. The Balaban J connectivity index is 1.94. The van der Waals surface area contributed by atoms with Gasteiger partial charge in [-0.2, -0.15) is 0 Å². The van der Waals surface area contributed by atoms with E-state index < -0.39 is 26.9 Å². The van der Waals surface area contributed by atoms with Crippen molar-refractivity contribution in [3.63, 3.8) is 0 Å². The molecule has 6 heteroatoms. The van der Waals surface area contributed by atoms with Crippen molar-refractivity contribution in [2.24, 2.45) is 5.92 Å². The Morgan fingerprint density at radius 3 is 2.64 bits per heavy atom. The molecule has 1 heterocycles. The van der Waals surface area contributed by atoms with Gasteiger partial charge in [0.1, 0.15) is 0 Å². The molecule has 2 rings (SSSR count). The van der Waals surface area contributed by atoms with E-state index in [4.69, 9.17) is 0 Å². The maximum atomic E-state index is 13.2. The van der Waals surface area contributed by atoms with Crippen LogP contribution in [0.15, 0.2) is 18.2 Å². The lowest BCUT2D eigenvalue weighted by molar-refractivity contribution is 0.254. The van der Waals surface area contributed by atoms with Gasteiger partial charge in [0.25, 0.3) is 0 Å². The molecular formula is C16H23F2NO2S. The quantitative estimate of drug-likeness (QED) is 0.830. The van der Waals surface area contributed by atoms with Gasteiger partial charge in [0.15, 0.2) is 11.6 Å². The zero-order chi connectivity index (χ0) is 16.3. The lowest BCUT2D eigenvalue weighted by atomic mass is 9.93. The summed E-state index contributed by atoms with van der Waals surface area (Å²) in [6, 6.07) is 3.95. The fraction of sp³-hybridized carbons (Fsp3) is 0.625. The monoisotopic (exact) mass is 331 g/mol. The van der Waals surface area contributed by atoms with Gasteiger partial charge >= 0.3 is 0 Å². The molecule has 1 fully saturated rings. The van der Waals surface area contributed by atoms with Crippen molar-refractivity contribution in [3.05, 3.63) is 35.4 Å². The van der Waals surface area contributed by atoms with Crippen molar-refractivity contribution in [3.8, 4) is 0 Å². The smallest absolute Gasteiger partial charge is 0.212 e. The van der Waals surface area contributed by atoms with Gasteiger partial charge in [-0.05, 0) is 63.1 Å². The fourth-order valence-electron chi connectivity index (χ4n) is 2.86. The first kappa shape index (κ1) is 17.3. The molecule has 0 N–H and O–H groups in total. The van der Waals surface area contributed by atoms with Crippen molar-refractivity contribution in [2.45, 2.75) is 44.8 Å². The van der Waals surface area contributed by atoms with Crippen LogP contribution < -0.4 is 0 Å². The van der Waals surface area contributed by atoms with Crippen LogP contribution in [0.25, 0.3) is 0 Å². The van der Waals surface area contributed by atoms with Crippen molar-refractivity contribution in [1.29, 1.82) is 0 Å². The summed E-state index contributed by atoms with van der Waals surface area (Å²) in [6.07, 6.45) is 3.26. The van der Waals surface area contributed by atoms with Crippen molar-refractivity contribution in [1.82, 2.24) is 4.31 Å². The molecule has 3 nitrogen and oxygen atoms in total. The number of aryl methyl sites for hydroxylation is 1. The summed E-state index contributed by atoms with van der Waals surface area (Å²) in [4.78, 5) is 0. The van der Waals surface area contributed by atoms with Gasteiger partial charge in [-0.25, -0.2) is 21.5 Å². The number of sulfonamides is 1. The van der Waals surface area contributed by atoms with Crippen LogP contribution in [-0.2, 0) is 16.4 Å². The van der Waals surface area contributed by atoms with Gasteiger partial charge in [-0.3, -0.25) is 0 Å². The Morgan fingerprint density at radius 1 is 1.27 bits per heavy atom. The maximum Gasteiger partial charge on any atom is 0.216 e. The lowest BCUT2D eigenvalue weighted by Crippen LogP contribution is -2.43. The molecule has 1 aromatic carbocycles. The molecule has 0 saturated carbocycles. The Labute approximate surface area is 131 Å². The predicted octanol–water partition coefficient (Wildman–Crippen LogP) is 3.35. The molecule has 1 aromatic rings. The Morgan fingerprint density at radius 2 is 2.00 bits per heavy atom. The van der Waals surface area contributed by atoms with Crippen LogP contribution in [0, 0.1) is 17.6 Å². The van der Waals surface area contributed by atoms with E-state index in [1.165, 1.54) is 6.07 Å². The second-order valence-corrected chi connectivity index (χ2v) is 8.74. The van der Waals surface area contributed by atoms with Gasteiger partial charge in [-0.1, -0.05) is 6.07 Å². The van der Waals surface area contributed by atoms with Crippen LogP contribution in [0.2, 0.25) is 0 Å². The molecule has 1 atom stereocenters. The van der Waals surface area contributed by atoms with Crippen LogP contribution in [0.1, 0.15) is 38.7 Å². The maximum absolute atomic E-state index is 13.2. The highest BCUT2D eigenvalue weighted by Gasteiger charge is 2.30. The Kier molecular flexibility index (Phi) is 5.55. The highest BCUT2D eigenvalue weighted by atomic mass is 32.2. The molecule has 1 saturated heterocycles. The molecule has 0 amide bonds. The topological polar surface area (TPSA) is 37.4 Å². The first-order valence-corrected chi connectivity index (χ1v) is 9.24. The Hall–Kier alpha value is -1.01. The zero-order valence-corrected chi connectivity index (χ0v) is 13.9. The predicted molar refractivity (Wildman–Crippen MR) is 83.0 cm³/mol. The third-order valence-electron chi connectivity index (χ3n) is 4.26. The molecule has 0 aliphatic carbocycles. The molecule has 0 unspecified atom stereocenters. The number of hydrogen-bond acceptors (Lipinski definition) is 2. The number of benzene rings is 1. The van der Waals surface area contributed by atoms with Crippen LogP contribution in [0.4, 0.5) is 8.78 Å². The molecule has 0 radical (unpaired) electrons. The zero-order valence-electron chi connectivity index (χ0n) is 13.1. The first-order chi connectivity index (χ1) is 10.3. The standard InChI is InChI=1S/C16H23F2NO2S/c1-12(2)22(20,21)19-9-3-4-14(11-19)6-5-13-7-8-15(17)16(18)10-13/h7-8,10,12,14H,3-6,9,11H2,1-2H3/t14-/m1/s1. The third kappa shape index (κ3) is 4.04. The number of piperidine rings is 1. The molecular weight excluding hydrogens is 308 g/mol. The van der Waals surface area contributed by atoms with Crippen LogP contribution in [-0.4, -0.2) is 31.1 Å². The van der Waals surface area contributed by atoms with E-state index in [0.717, 1.165) is 30.9 Å². The van der Waals surface area contributed by atoms with Crippen molar-refractivity contribution < 1.29 is 17.2 Å². The van der Waals surface area contributed by atoms with E-state index in [1.54, 1.807) is 24.2 Å². The van der Waals surface area contributed by atoms with E-state index in [1.807, 2.05) is 0 Å². The first-order valence-electron chi connectivity index (χ1n) is 7.73. The normalized spacial score (nSPS) is 20.5. The summed E-state index contributed by atoms with van der Waals surface area (Å²) in [6.45, 7) is 4.51. The Bertz CT molecular complexity index is 617. The number of hydrogen-bond donors (Lipinski definition) is 0. The van der Waals surface area contributed by atoms with Crippen LogP contribution in [0.5, 0.6) is 0 Å². The fourth-order valence-corrected chi connectivity index (χ4v) is 4.26. The summed E-state index contributed by atoms with van der Waals surface area (Å²) in [5.74, 6) is -1.39. The van der Waals surface area contributed by atoms with Gasteiger partial charge in [-0.15, -0.1) is 0 Å². The summed E-state index contributed by atoms with van der Waals surface area (Å²) >= 11 is 0. The summed E-state index contributed by atoms with van der Waals surface area (Å²) in [5.41, 5.74) is 0.753. The minimum atomic E-state index is -3.20. The molecule has 0 spiro atoms. The van der Waals surface area contributed by atoms with Gasteiger partial charge < -0.3 is 0 Å². The SMILES string of the molecule is CC(C)S(=O)(=O)N1CCC[C@H](CCc2ccc(F)c(F)c2)C1. The minimum Gasteiger partial charge on any atom is -0.212 e. The molecule has 22 heavy (non-hydrogen) atoms. The van der Waals surface area contributed by atoms with E-state index in [0.29, 0.717) is 19.5 Å². The van der Waals surface area contributed by atoms with Crippen molar-refractivity contribution >= 4 is 10.0 Å². The van der Waals surface area contributed by atoms with Crippen molar-refractivity contribution in [2.75, 3.05) is 13.1 Å². The summed E-state index contributed by atoms with van der Waals surface area (Å²) in [7, 11) is -3.20. The van der Waals surface area contributed by atoms with E-state index >= 15 is 0 Å². The second-order valence-electron chi connectivity index (χ2n) is 6.25. The minimum absolute atomic E-state index is 0.274. The number of rotatable bonds is 5. The van der Waals surface area contributed by atoms with Crippen LogP contribution >= 0.6 is 0 Å². The average molecular weight is 331 g/mol. The van der Waals surface area contributed by atoms with Gasteiger partial charge in [0.2, 0.25) is 10.0 Å². The lowest BCUT2D eigenvalue weighted by Gasteiger charge is -2.33. The van der Waals surface area contributed by atoms with E-state index in [9.17, 15) is 17.2 Å². The molecule has 1 aliphatic rings. The summed E-state index contributed by atoms with van der Waals surface area (Å²) < 4.78 is 52.1. The highest BCUT2D eigenvalue weighted by molar-refractivity contribution is 7.89. The number of halogens is 2. The molecule has 1 aliphatic heterocycles. The van der Waals surface area contributed by atoms with Crippen LogP contribution in [0.3, 0.4) is 0 Å². The third-order valence-corrected chi connectivity index (χ3v) is 6.51. The van der Waals surface area contributed by atoms with E-state index in [-0.39, 0.29) is 5.92 Å². The van der Waals surface area contributed by atoms with Gasteiger partial charge in [0, 0.05) is 13.1 Å². The molecule has 0 aromatic heterocycles. The van der Waals surface area contributed by atoms with E-state index in [2.05, 4.69) is 0 Å². The molecule has 124 valence electrons. The average Bonchev–Trinajstić information content (AvgIpc) is 2.48. The van der Waals surface area contributed by atoms with Gasteiger partial charge in [0.05, 0.1) is 5.25 Å². The highest BCUT2D eigenvalue weighted by Crippen LogP contribution is 2.25.